The molecule has 0 fully saturated rings. The SMILES string of the molecule is Cc1c(F)cc(Cc2ccccc2)cc1F. The average molecular weight is 218 g/mol. The van der Waals surface area contributed by atoms with Crippen LogP contribution in [0.2, 0.25) is 0 Å². The van der Waals surface area contributed by atoms with E-state index < -0.39 is 11.6 Å². The van der Waals surface area contributed by atoms with E-state index in [0.717, 1.165) is 5.56 Å². The lowest BCUT2D eigenvalue weighted by atomic mass is 10.0. The first-order chi connectivity index (χ1) is 7.66. The van der Waals surface area contributed by atoms with Gasteiger partial charge in [-0.3, -0.25) is 0 Å². The van der Waals surface area contributed by atoms with Gasteiger partial charge in [0, 0.05) is 5.56 Å². The van der Waals surface area contributed by atoms with Crippen molar-refractivity contribution in [3.8, 4) is 0 Å². The summed E-state index contributed by atoms with van der Waals surface area (Å²) in [6.07, 6.45) is 0.551. The normalized spacial score (nSPS) is 10.4. The first-order valence-corrected chi connectivity index (χ1v) is 5.15. The standard InChI is InChI=1S/C14H12F2/c1-10-13(15)8-12(9-14(10)16)7-11-5-3-2-4-6-11/h2-6,8-9H,7H2,1H3. The summed E-state index contributed by atoms with van der Waals surface area (Å²) in [7, 11) is 0. The molecule has 0 heterocycles. The van der Waals surface area contributed by atoms with Crippen molar-refractivity contribution in [2.75, 3.05) is 0 Å². The molecule has 2 aromatic carbocycles. The summed E-state index contributed by atoms with van der Waals surface area (Å²) in [5, 5.41) is 0. The van der Waals surface area contributed by atoms with Gasteiger partial charge < -0.3 is 0 Å². The second-order valence-electron chi connectivity index (χ2n) is 3.85. The van der Waals surface area contributed by atoms with Gasteiger partial charge in [-0.15, -0.1) is 0 Å². The summed E-state index contributed by atoms with van der Waals surface area (Å²) in [5.74, 6) is -0.961. The fraction of sp³-hybridized carbons (Fsp3) is 0.143. The molecule has 0 saturated heterocycles. The summed E-state index contributed by atoms with van der Waals surface area (Å²) >= 11 is 0. The van der Waals surface area contributed by atoms with Crippen LogP contribution < -0.4 is 0 Å². The van der Waals surface area contributed by atoms with Crippen molar-refractivity contribution < 1.29 is 8.78 Å². The molecular weight excluding hydrogens is 206 g/mol. The third-order valence-corrected chi connectivity index (χ3v) is 2.59. The maximum Gasteiger partial charge on any atom is 0.129 e. The molecule has 0 nitrogen and oxygen atoms in total. The van der Waals surface area contributed by atoms with Gasteiger partial charge in [0.25, 0.3) is 0 Å². The van der Waals surface area contributed by atoms with Gasteiger partial charge in [0.2, 0.25) is 0 Å². The second-order valence-corrected chi connectivity index (χ2v) is 3.85. The molecule has 0 radical (unpaired) electrons. The molecule has 0 aliphatic heterocycles. The van der Waals surface area contributed by atoms with Crippen molar-refractivity contribution in [1.82, 2.24) is 0 Å². The van der Waals surface area contributed by atoms with Gasteiger partial charge in [0.05, 0.1) is 0 Å². The maximum atomic E-state index is 13.3. The molecule has 0 amide bonds. The van der Waals surface area contributed by atoms with E-state index in [2.05, 4.69) is 0 Å². The Morgan fingerprint density at radius 3 is 2.00 bits per heavy atom. The van der Waals surface area contributed by atoms with Gasteiger partial charge in [0.1, 0.15) is 11.6 Å². The zero-order valence-electron chi connectivity index (χ0n) is 9.00. The van der Waals surface area contributed by atoms with Gasteiger partial charge >= 0.3 is 0 Å². The Morgan fingerprint density at radius 1 is 0.875 bits per heavy atom. The van der Waals surface area contributed by atoms with E-state index in [-0.39, 0.29) is 5.56 Å². The lowest BCUT2D eigenvalue weighted by molar-refractivity contribution is 0.565. The fourth-order valence-corrected chi connectivity index (χ4v) is 1.63. The zero-order valence-corrected chi connectivity index (χ0v) is 9.00. The smallest absolute Gasteiger partial charge is 0.129 e. The number of hydrogen-bond donors (Lipinski definition) is 0. The van der Waals surface area contributed by atoms with Gasteiger partial charge in [0.15, 0.2) is 0 Å². The summed E-state index contributed by atoms with van der Waals surface area (Å²) < 4.78 is 26.6. The van der Waals surface area contributed by atoms with Crippen LogP contribution in [0.5, 0.6) is 0 Å². The van der Waals surface area contributed by atoms with Crippen LogP contribution in [0.25, 0.3) is 0 Å². The van der Waals surface area contributed by atoms with Gasteiger partial charge in [-0.05, 0) is 36.6 Å². The Labute approximate surface area is 93.5 Å². The molecule has 0 aromatic heterocycles. The molecular formula is C14H12F2. The van der Waals surface area contributed by atoms with E-state index in [1.807, 2.05) is 30.3 Å². The van der Waals surface area contributed by atoms with Gasteiger partial charge in [-0.1, -0.05) is 30.3 Å². The third-order valence-electron chi connectivity index (χ3n) is 2.59. The number of hydrogen-bond acceptors (Lipinski definition) is 0. The van der Waals surface area contributed by atoms with E-state index in [0.29, 0.717) is 12.0 Å². The Bertz CT molecular complexity index is 466. The highest BCUT2D eigenvalue weighted by atomic mass is 19.1. The Hall–Kier alpha value is -1.70. The molecule has 0 spiro atoms. The molecule has 0 saturated carbocycles. The minimum absolute atomic E-state index is 0.0804. The Balaban J connectivity index is 2.29. The molecule has 2 rings (SSSR count). The highest BCUT2D eigenvalue weighted by Crippen LogP contribution is 2.16. The van der Waals surface area contributed by atoms with Crippen LogP contribution in [0.3, 0.4) is 0 Å². The minimum Gasteiger partial charge on any atom is -0.207 e. The molecule has 2 aromatic rings. The molecule has 16 heavy (non-hydrogen) atoms. The Morgan fingerprint density at radius 2 is 1.44 bits per heavy atom. The van der Waals surface area contributed by atoms with Crippen LogP contribution in [0.1, 0.15) is 16.7 Å². The summed E-state index contributed by atoms with van der Waals surface area (Å²) in [5.41, 5.74) is 1.79. The van der Waals surface area contributed by atoms with E-state index in [1.54, 1.807) is 0 Å². The molecule has 0 bridgehead atoms. The lowest BCUT2D eigenvalue weighted by Gasteiger charge is -2.05. The fourth-order valence-electron chi connectivity index (χ4n) is 1.63. The molecule has 0 N–H and O–H groups in total. The lowest BCUT2D eigenvalue weighted by Crippen LogP contribution is -1.94. The molecule has 0 atom stereocenters. The van der Waals surface area contributed by atoms with Crippen molar-refractivity contribution in [2.24, 2.45) is 0 Å². The van der Waals surface area contributed by atoms with Crippen LogP contribution in [0.15, 0.2) is 42.5 Å². The van der Waals surface area contributed by atoms with E-state index in [9.17, 15) is 8.78 Å². The third kappa shape index (κ3) is 2.27. The predicted octanol–water partition coefficient (Wildman–Crippen LogP) is 3.86. The minimum atomic E-state index is -0.481. The number of benzene rings is 2. The highest BCUT2D eigenvalue weighted by Gasteiger charge is 2.06. The van der Waals surface area contributed by atoms with Gasteiger partial charge in [-0.25, -0.2) is 8.78 Å². The van der Waals surface area contributed by atoms with Crippen molar-refractivity contribution >= 4 is 0 Å². The van der Waals surface area contributed by atoms with Crippen molar-refractivity contribution in [2.45, 2.75) is 13.3 Å². The second kappa shape index (κ2) is 4.44. The van der Waals surface area contributed by atoms with Crippen LogP contribution in [0.4, 0.5) is 8.78 Å². The molecule has 0 aliphatic rings. The van der Waals surface area contributed by atoms with Crippen LogP contribution in [-0.4, -0.2) is 0 Å². The van der Waals surface area contributed by atoms with E-state index in [1.165, 1.54) is 19.1 Å². The van der Waals surface area contributed by atoms with E-state index in [4.69, 9.17) is 0 Å². The summed E-state index contributed by atoms with van der Waals surface area (Å²) in [6.45, 7) is 1.44. The molecule has 2 heteroatoms. The monoisotopic (exact) mass is 218 g/mol. The maximum absolute atomic E-state index is 13.3. The first-order valence-electron chi connectivity index (χ1n) is 5.15. The predicted molar refractivity (Wildman–Crippen MR) is 60.3 cm³/mol. The Kier molecular flexibility index (Phi) is 3.00. The molecule has 82 valence electrons. The van der Waals surface area contributed by atoms with Crippen molar-refractivity contribution in [3.63, 3.8) is 0 Å². The summed E-state index contributed by atoms with van der Waals surface area (Å²) in [6, 6.07) is 12.4. The number of halogens is 2. The van der Waals surface area contributed by atoms with Crippen LogP contribution in [-0.2, 0) is 6.42 Å². The quantitative estimate of drug-likeness (QED) is 0.718. The molecule has 0 aliphatic carbocycles. The largest absolute Gasteiger partial charge is 0.207 e. The molecule has 0 unspecified atom stereocenters. The van der Waals surface area contributed by atoms with Crippen LogP contribution >= 0.6 is 0 Å². The summed E-state index contributed by atoms with van der Waals surface area (Å²) in [4.78, 5) is 0. The van der Waals surface area contributed by atoms with Crippen LogP contribution in [0, 0.1) is 18.6 Å². The van der Waals surface area contributed by atoms with E-state index >= 15 is 0 Å². The van der Waals surface area contributed by atoms with Gasteiger partial charge in [-0.2, -0.15) is 0 Å². The van der Waals surface area contributed by atoms with Crippen molar-refractivity contribution in [3.05, 3.63) is 70.8 Å². The van der Waals surface area contributed by atoms with Crippen molar-refractivity contribution in [1.29, 1.82) is 0 Å². The highest BCUT2D eigenvalue weighted by molar-refractivity contribution is 5.30. The first kappa shape index (κ1) is 10.8. The number of rotatable bonds is 2. The average Bonchev–Trinajstić information content (AvgIpc) is 2.27. The topological polar surface area (TPSA) is 0 Å². The zero-order chi connectivity index (χ0) is 11.5.